The number of pyridine rings is 1. The Balaban J connectivity index is 1.89. The van der Waals surface area contributed by atoms with Gasteiger partial charge >= 0.3 is 5.97 Å². The van der Waals surface area contributed by atoms with Gasteiger partial charge in [0.2, 0.25) is 0 Å². The van der Waals surface area contributed by atoms with Crippen LogP contribution in [0.4, 0.5) is 5.69 Å². The van der Waals surface area contributed by atoms with Gasteiger partial charge in [-0.3, -0.25) is 4.79 Å². The second-order valence-electron chi connectivity index (χ2n) is 8.35. The van der Waals surface area contributed by atoms with Gasteiger partial charge < -0.3 is 19.7 Å². The van der Waals surface area contributed by atoms with Crippen molar-refractivity contribution in [3.05, 3.63) is 51.3 Å². The van der Waals surface area contributed by atoms with E-state index in [2.05, 4.69) is 30.9 Å². The summed E-state index contributed by atoms with van der Waals surface area (Å²) in [6.07, 6.45) is 2.79. The summed E-state index contributed by atoms with van der Waals surface area (Å²) < 4.78 is 1.97. The molecule has 148 valence electrons. The van der Waals surface area contributed by atoms with Crippen LogP contribution in [0.25, 0.3) is 11.3 Å². The SMILES string of the molecule is Cc1cc2c(cc1N1CC[C@H](O)C1)CC(C(C)C)n1cc(C(=O)O)c(=O)cc1-2. The maximum atomic E-state index is 12.4. The number of carboxylic acids is 1. The van der Waals surface area contributed by atoms with E-state index in [4.69, 9.17) is 0 Å². The fourth-order valence-electron chi connectivity index (χ4n) is 4.53. The largest absolute Gasteiger partial charge is 0.477 e. The Labute approximate surface area is 164 Å². The fourth-order valence-corrected chi connectivity index (χ4v) is 4.53. The molecule has 2 atom stereocenters. The molecular formula is C22H26N2O4. The summed E-state index contributed by atoms with van der Waals surface area (Å²) in [5.74, 6) is -0.901. The van der Waals surface area contributed by atoms with Crippen molar-refractivity contribution in [2.24, 2.45) is 5.92 Å². The zero-order chi connectivity index (χ0) is 20.2. The van der Waals surface area contributed by atoms with Crippen molar-refractivity contribution in [1.29, 1.82) is 0 Å². The molecule has 0 saturated carbocycles. The van der Waals surface area contributed by atoms with Crippen molar-refractivity contribution in [2.75, 3.05) is 18.0 Å². The number of benzene rings is 1. The number of fused-ring (bicyclic) bond motifs is 3. The van der Waals surface area contributed by atoms with E-state index in [1.165, 1.54) is 17.8 Å². The van der Waals surface area contributed by atoms with E-state index in [-0.39, 0.29) is 23.6 Å². The third-order valence-corrected chi connectivity index (χ3v) is 6.07. The molecule has 28 heavy (non-hydrogen) atoms. The molecule has 1 aromatic heterocycles. The Hall–Kier alpha value is -2.60. The number of aromatic carboxylic acids is 1. The number of rotatable bonds is 3. The monoisotopic (exact) mass is 382 g/mol. The molecule has 6 nitrogen and oxygen atoms in total. The van der Waals surface area contributed by atoms with E-state index in [0.717, 1.165) is 41.9 Å². The van der Waals surface area contributed by atoms with Crippen LogP contribution in [0.2, 0.25) is 0 Å². The number of β-amino-alcohol motifs (C(OH)–C–C–N with tert-alkyl or cyclic N) is 1. The van der Waals surface area contributed by atoms with Gasteiger partial charge in [-0.2, -0.15) is 0 Å². The summed E-state index contributed by atoms with van der Waals surface area (Å²) in [4.78, 5) is 26.1. The number of hydrogen-bond donors (Lipinski definition) is 2. The van der Waals surface area contributed by atoms with Gasteiger partial charge in [-0.05, 0) is 48.9 Å². The number of carboxylic acid groups (broad SMARTS) is 1. The second kappa shape index (κ2) is 6.78. The van der Waals surface area contributed by atoms with Crippen LogP contribution >= 0.6 is 0 Å². The molecule has 6 heteroatoms. The van der Waals surface area contributed by atoms with Gasteiger partial charge in [-0.15, -0.1) is 0 Å². The first-order chi connectivity index (χ1) is 13.3. The molecule has 1 aromatic carbocycles. The standard InChI is InChI=1S/C22H26N2O4/c1-12(2)18-7-14-8-19(23-5-4-15(25)10-23)13(3)6-16(14)20-9-21(26)17(22(27)28)11-24(18)20/h6,8-9,11-12,15,18,25H,4-5,7,10H2,1-3H3,(H,27,28)/t15-,18?/m0/s1. The maximum Gasteiger partial charge on any atom is 0.341 e. The van der Waals surface area contributed by atoms with Crippen molar-refractivity contribution >= 4 is 11.7 Å². The van der Waals surface area contributed by atoms with E-state index in [1.807, 2.05) is 11.5 Å². The molecule has 0 spiro atoms. The summed E-state index contributed by atoms with van der Waals surface area (Å²) in [7, 11) is 0. The predicted molar refractivity (Wildman–Crippen MR) is 108 cm³/mol. The number of aromatic nitrogens is 1. The zero-order valence-corrected chi connectivity index (χ0v) is 16.5. The number of aryl methyl sites for hydroxylation is 1. The Morgan fingerprint density at radius 1 is 1.25 bits per heavy atom. The van der Waals surface area contributed by atoms with Gasteiger partial charge in [0, 0.05) is 42.6 Å². The van der Waals surface area contributed by atoms with Gasteiger partial charge in [0.1, 0.15) is 5.56 Å². The molecule has 2 aromatic rings. The first kappa shape index (κ1) is 18.7. The van der Waals surface area contributed by atoms with Crippen LogP contribution in [-0.4, -0.2) is 39.9 Å². The summed E-state index contributed by atoms with van der Waals surface area (Å²) >= 11 is 0. The summed E-state index contributed by atoms with van der Waals surface area (Å²) in [6.45, 7) is 7.76. The molecular weight excluding hydrogens is 356 g/mol. The molecule has 1 saturated heterocycles. The normalized spacial score (nSPS) is 21.0. The molecule has 0 radical (unpaired) electrons. The quantitative estimate of drug-likeness (QED) is 0.853. The molecule has 0 bridgehead atoms. The number of nitrogens with zero attached hydrogens (tertiary/aromatic N) is 2. The van der Waals surface area contributed by atoms with Gasteiger partial charge in [0.25, 0.3) is 0 Å². The summed E-state index contributed by atoms with van der Waals surface area (Å²) in [6, 6.07) is 5.84. The Morgan fingerprint density at radius 3 is 2.61 bits per heavy atom. The lowest BCUT2D eigenvalue weighted by molar-refractivity contribution is 0.0694. The molecule has 4 rings (SSSR count). The number of aliphatic hydroxyl groups is 1. The number of hydrogen-bond acceptors (Lipinski definition) is 4. The minimum absolute atomic E-state index is 0.0842. The minimum atomic E-state index is -1.19. The summed E-state index contributed by atoms with van der Waals surface area (Å²) in [5, 5.41) is 19.3. The molecule has 2 aliphatic rings. The first-order valence-electron chi connectivity index (χ1n) is 9.82. The topological polar surface area (TPSA) is 82.8 Å². The van der Waals surface area contributed by atoms with E-state index in [0.29, 0.717) is 6.54 Å². The predicted octanol–water partition coefficient (Wildman–Crippen LogP) is 2.85. The van der Waals surface area contributed by atoms with Crippen molar-refractivity contribution in [3.8, 4) is 11.3 Å². The van der Waals surface area contributed by atoms with Gasteiger partial charge in [0.05, 0.1) is 11.8 Å². The Bertz CT molecular complexity index is 1010. The third kappa shape index (κ3) is 3.02. The van der Waals surface area contributed by atoms with Crippen LogP contribution in [-0.2, 0) is 6.42 Å². The van der Waals surface area contributed by atoms with Crippen LogP contribution in [0.3, 0.4) is 0 Å². The lowest BCUT2D eigenvalue weighted by Gasteiger charge is -2.34. The fraction of sp³-hybridized carbons (Fsp3) is 0.455. The van der Waals surface area contributed by atoms with Gasteiger partial charge in [0.15, 0.2) is 5.43 Å². The third-order valence-electron chi connectivity index (χ3n) is 6.07. The molecule has 2 aliphatic heterocycles. The van der Waals surface area contributed by atoms with Crippen molar-refractivity contribution in [1.82, 2.24) is 4.57 Å². The van der Waals surface area contributed by atoms with Crippen LogP contribution in [0, 0.1) is 12.8 Å². The highest BCUT2D eigenvalue weighted by atomic mass is 16.4. The van der Waals surface area contributed by atoms with E-state index in [9.17, 15) is 19.8 Å². The van der Waals surface area contributed by atoms with E-state index in [1.54, 1.807) is 0 Å². The van der Waals surface area contributed by atoms with Crippen LogP contribution < -0.4 is 10.3 Å². The first-order valence-corrected chi connectivity index (χ1v) is 9.82. The van der Waals surface area contributed by atoms with E-state index >= 15 is 0 Å². The number of aliphatic hydroxyl groups excluding tert-OH is 1. The average Bonchev–Trinajstić information content (AvgIpc) is 3.06. The maximum absolute atomic E-state index is 12.4. The molecule has 0 aliphatic carbocycles. The average molecular weight is 382 g/mol. The van der Waals surface area contributed by atoms with Gasteiger partial charge in [-0.1, -0.05) is 13.8 Å². The molecule has 2 N–H and O–H groups in total. The van der Waals surface area contributed by atoms with E-state index < -0.39 is 11.4 Å². The van der Waals surface area contributed by atoms with Crippen molar-refractivity contribution < 1.29 is 15.0 Å². The van der Waals surface area contributed by atoms with Gasteiger partial charge in [-0.25, -0.2) is 4.79 Å². The van der Waals surface area contributed by atoms with Crippen LogP contribution in [0.5, 0.6) is 0 Å². The molecule has 1 fully saturated rings. The lowest BCUT2D eigenvalue weighted by Crippen LogP contribution is -2.29. The lowest BCUT2D eigenvalue weighted by atomic mass is 9.86. The molecule has 0 amide bonds. The number of anilines is 1. The van der Waals surface area contributed by atoms with Crippen LogP contribution in [0.1, 0.15) is 47.8 Å². The molecule has 3 heterocycles. The van der Waals surface area contributed by atoms with Crippen molar-refractivity contribution in [3.63, 3.8) is 0 Å². The van der Waals surface area contributed by atoms with Crippen molar-refractivity contribution in [2.45, 2.75) is 45.8 Å². The second-order valence-corrected chi connectivity index (χ2v) is 8.35. The Morgan fingerprint density at radius 2 is 2.00 bits per heavy atom. The molecule has 1 unspecified atom stereocenters. The minimum Gasteiger partial charge on any atom is -0.477 e. The highest BCUT2D eigenvalue weighted by molar-refractivity contribution is 5.88. The highest BCUT2D eigenvalue weighted by Gasteiger charge is 2.30. The highest BCUT2D eigenvalue weighted by Crippen LogP contribution is 2.40. The summed E-state index contributed by atoms with van der Waals surface area (Å²) in [5.41, 5.74) is 4.53. The smallest absolute Gasteiger partial charge is 0.341 e. The zero-order valence-electron chi connectivity index (χ0n) is 16.5. The van der Waals surface area contributed by atoms with Crippen LogP contribution in [0.15, 0.2) is 29.2 Å². The Kier molecular flexibility index (Phi) is 4.54. The number of carbonyl (C=O) groups is 1.